The second-order valence-corrected chi connectivity index (χ2v) is 8.03. The van der Waals surface area contributed by atoms with Gasteiger partial charge in [-0.1, -0.05) is 0 Å². The minimum absolute atomic E-state index is 0.119. The maximum atomic E-state index is 11.6. The molecule has 150 valence electrons. The highest BCUT2D eigenvalue weighted by molar-refractivity contribution is 7.13. The van der Waals surface area contributed by atoms with Crippen LogP contribution in [0.15, 0.2) is 41.9 Å². The molecule has 0 aliphatic carbocycles. The Labute approximate surface area is 172 Å². The lowest BCUT2D eigenvalue weighted by Gasteiger charge is -2.34. The fourth-order valence-electron chi connectivity index (χ4n) is 3.50. The van der Waals surface area contributed by atoms with E-state index in [1.54, 1.807) is 12.3 Å². The highest BCUT2D eigenvalue weighted by Crippen LogP contribution is 2.29. The number of hydrogen-bond acceptors (Lipinski definition) is 8. The topological polar surface area (TPSA) is 101 Å². The van der Waals surface area contributed by atoms with Gasteiger partial charge in [0.05, 0.1) is 10.6 Å². The van der Waals surface area contributed by atoms with Crippen LogP contribution in [0.4, 0.5) is 16.5 Å². The van der Waals surface area contributed by atoms with Crippen LogP contribution in [0.3, 0.4) is 0 Å². The smallest absolute Gasteiger partial charge is 0.273 e. The van der Waals surface area contributed by atoms with Crippen molar-refractivity contribution in [3.8, 4) is 11.3 Å². The molecule has 9 heteroatoms. The summed E-state index contributed by atoms with van der Waals surface area (Å²) in [5.74, 6) is 0. The highest BCUT2D eigenvalue weighted by atomic mass is 32.1. The average molecular weight is 411 g/mol. The van der Waals surface area contributed by atoms with E-state index >= 15 is 0 Å². The lowest BCUT2D eigenvalue weighted by atomic mass is 10.0. The number of aromatic nitrogens is 2. The van der Waals surface area contributed by atoms with Crippen LogP contribution in [-0.2, 0) is 6.42 Å². The molecule has 1 saturated heterocycles. The van der Waals surface area contributed by atoms with Crippen molar-refractivity contribution in [3.63, 3.8) is 0 Å². The molecule has 1 fully saturated rings. The molecule has 29 heavy (non-hydrogen) atoms. The maximum absolute atomic E-state index is 11.6. The Hall–Kier alpha value is -3.04. The van der Waals surface area contributed by atoms with Gasteiger partial charge >= 0.3 is 0 Å². The minimum Gasteiger partial charge on any atom is -0.375 e. The van der Waals surface area contributed by atoms with Crippen molar-refractivity contribution in [2.24, 2.45) is 0 Å². The normalized spacial score (nSPS) is 14.9. The van der Waals surface area contributed by atoms with Crippen molar-refractivity contribution in [2.75, 3.05) is 43.9 Å². The van der Waals surface area contributed by atoms with Crippen LogP contribution >= 0.6 is 11.3 Å². The number of nitrogens with zero attached hydrogens (tertiary/aromatic N) is 5. The highest BCUT2D eigenvalue weighted by Gasteiger charge is 2.20. The Balaban J connectivity index is 1.63. The summed E-state index contributed by atoms with van der Waals surface area (Å²) in [6.07, 6.45) is 2.09. The number of likely N-dealkylation sites (N-methyl/N-ethyl adjacent to an activating group) is 1. The molecule has 0 atom stereocenters. The van der Waals surface area contributed by atoms with Crippen LogP contribution < -0.4 is 10.6 Å². The molecule has 2 aromatic heterocycles. The molecular weight excluding hydrogens is 388 g/mol. The zero-order valence-electron chi connectivity index (χ0n) is 16.1. The summed E-state index contributed by atoms with van der Waals surface area (Å²) in [6, 6.07) is 9.16. The number of nitrogens with two attached hydrogens (primary N) is 1. The van der Waals surface area contributed by atoms with Gasteiger partial charge in [0.15, 0.2) is 5.13 Å². The first-order valence-corrected chi connectivity index (χ1v) is 10.2. The summed E-state index contributed by atoms with van der Waals surface area (Å²) < 4.78 is 0. The third kappa shape index (κ3) is 4.36. The molecule has 3 heterocycles. The lowest BCUT2D eigenvalue weighted by Crippen LogP contribution is -2.44. The molecule has 4 rings (SSSR count). The first-order chi connectivity index (χ1) is 14.0. The quantitative estimate of drug-likeness (QED) is 0.509. The number of hydrogen-bond donors (Lipinski definition) is 1. The second kappa shape index (κ2) is 8.14. The molecule has 2 N–H and O–H groups in total. The molecule has 0 bridgehead atoms. The second-order valence-electron chi connectivity index (χ2n) is 7.14. The zero-order chi connectivity index (χ0) is 20.4. The maximum Gasteiger partial charge on any atom is 0.273 e. The Morgan fingerprint density at radius 2 is 2.00 bits per heavy atom. The molecule has 0 radical (unpaired) electrons. The van der Waals surface area contributed by atoms with Gasteiger partial charge in [0.2, 0.25) is 0 Å². The third-order valence-corrected chi connectivity index (χ3v) is 5.81. The van der Waals surface area contributed by atoms with E-state index in [1.165, 1.54) is 11.3 Å². The van der Waals surface area contributed by atoms with E-state index in [2.05, 4.69) is 26.8 Å². The number of piperazine rings is 1. The van der Waals surface area contributed by atoms with E-state index in [9.17, 15) is 10.1 Å². The predicted molar refractivity (Wildman–Crippen MR) is 115 cm³/mol. The molecule has 0 unspecified atom stereocenters. The number of nitro groups is 1. The molecule has 0 saturated carbocycles. The SMILES string of the molecule is CN1CCN(c2ccc([N+](=O)[O-])c(Cc3cc(-c4csc(N)n4)ccn3)c2)CC1. The molecular formula is C20H22N6O2S. The van der Waals surface area contributed by atoms with E-state index in [-0.39, 0.29) is 10.6 Å². The van der Waals surface area contributed by atoms with Crippen LogP contribution in [0, 0.1) is 10.1 Å². The standard InChI is InChI=1S/C20H22N6O2S/c1-24-6-8-25(9-7-24)17-2-3-19(26(27)28)15(12-17)11-16-10-14(4-5-22-16)18-13-29-20(21)23-18/h2-5,10,12-13H,6-9,11H2,1H3,(H2,21,23). The van der Waals surface area contributed by atoms with Crippen LogP contribution in [0.5, 0.6) is 0 Å². The minimum atomic E-state index is -0.325. The van der Waals surface area contributed by atoms with Gasteiger partial charge in [0.1, 0.15) is 0 Å². The van der Waals surface area contributed by atoms with Gasteiger partial charge < -0.3 is 15.5 Å². The molecule has 1 aliphatic rings. The summed E-state index contributed by atoms with van der Waals surface area (Å²) >= 11 is 1.38. The van der Waals surface area contributed by atoms with Crippen molar-refractivity contribution in [1.29, 1.82) is 0 Å². The monoisotopic (exact) mass is 410 g/mol. The van der Waals surface area contributed by atoms with Crippen LogP contribution in [0.1, 0.15) is 11.3 Å². The van der Waals surface area contributed by atoms with Gasteiger partial charge in [-0.25, -0.2) is 4.98 Å². The van der Waals surface area contributed by atoms with Crippen molar-refractivity contribution in [3.05, 3.63) is 63.3 Å². The number of thiazole rings is 1. The van der Waals surface area contributed by atoms with E-state index in [1.807, 2.05) is 29.6 Å². The van der Waals surface area contributed by atoms with Crippen molar-refractivity contribution < 1.29 is 4.92 Å². The molecule has 0 spiro atoms. The molecule has 0 amide bonds. The van der Waals surface area contributed by atoms with Crippen molar-refractivity contribution >= 4 is 27.8 Å². The van der Waals surface area contributed by atoms with Crippen LogP contribution in [-0.4, -0.2) is 53.0 Å². The number of nitro benzene ring substituents is 1. The van der Waals surface area contributed by atoms with E-state index < -0.39 is 0 Å². The summed E-state index contributed by atoms with van der Waals surface area (Å²) in [6.45, 7) is 3.78. The predicted octanol–water partition coefficient (Wildman–Crippen LogP) is 3.04. The zero-order valence-corrected chi connectivity index (χ0v) is 16.9. The van der Waals surface area contributed by atoms with Gasteiger partial charge in [-0.3, -0.25) is 15.1 Å². The van der Waals surface area contributed by atoms with Crippen LogP contribution in [0.25, 0.3) is 11.3 Å². The number of anilines is 2. The fourth-order valence-corrected chi connectivity index (χ4v) is 4.07. The van der Waals surface area contributed by atoms with Gasteiger partial charge in [-0.15, -0.1) is 11.3 Å². The first-order valence-electron chi connectivity index (χ1n) is 9.37. The summed E-state index contributed by atoms with van der Waals surface area (Å²) in [5, 5.41) is 14.0. The van der Waals surface area contributed by atoms with Gasteiger partial charge in [-0.2, -0.15) is 0 Å². The average Bonchev–Trinajstić information content (AvgIpc) is 3.15. The fraction of sp³-hybridized carbons (Fsp3) is 0.300. The number of rotatable bonds is 5. The Morgan fingerprint density at radius 3 is 2.69 bits per heavy atom. The third-order valence-electron chi connectivity index (χ3n) is 5.13. The molecule has 3 aromatic rings. The summed E-state index contributed by atoms with van der Waals surface area (Å²) in [7, 11) is 2.10. The molecule has 1 aliphatic heterocycles. The Bertz CT molecular complexity index is 1030. The number of pyridine rings is 1. The first kappa shape index (κ1) is 19.3. The van der Waals surface area contributed by atoms with Gasteiger partial charge in [0, 0.05) is 72.8 Å². The lowest BCUT2D eigenvalue weighted by molar-refractivity contribution is -0.385. The number of nitrogen functional groups attached to an aromatic ring is 1. The van der Waals surface area contributed by atoms with Crippen LogP contribution in [0.2, 0.25) is 0 Å². The van der Waals surface area contributed by atoms with Gasteiger partial charge in [0.25, 0.3) is 5.69 Å². The summed E-state index contributed by atoms with van der Waals surface area (Å²) in [4.78, 5) is 24.5. The van der Waals surface area contributed by atoms with E-state index in [0.29, 0.717) is 17.1 Å². The Morgan fingerprint density at radius 1 is 1.21 bits per heavy atom. The number of benzene rings is 1. The Kier molecular flexibility index (Phi) is 5.41. The largest absolute Gasteiger partial charge is 0.375 e. The van der Waals surface area contributed by atoms with E-state index in [0.717, 1.165) is 48.8 Å². The van der Waals surface area contributed by atoms with E-state index in [4.69, 9.17) is 5.73 Å². The van der Waals surface area contributed by atoms with Gasteiger partial charge in [-0.05, 0) is 31.3 Å². The van der Waals surface area contributed by atoms with Crippen molar-refractivity contribution in [1.82, 2.24) is 14.9 Å². The summed E-state index contributed by atoms with van der Waals surface area (Å²) in [5.41, 5.74) is 9.98. The molecule has 1 aromatic carbocycles. The molecule has 8 nitrogen and oxygen atoms in total. The van der Waals surface area contributed by atoms with Crippen molar-refractivity contribution in [2.45, 2.75) is 6.42 Å².